The summed E-state index contributed by atoms with van der Waals surface area (Å²) in [4.78, 5) is 12.3. The van der Waals surface area contributed by atoms with Crippen LogP contribution in [0, 0.1) is 6.92 Å². The Labute approximate surface area is 184 Å². The Morgan fingerprint density at radius 3 is 2.37 bits per heavy atom. The van der Waals surface area contributed by atoms with Gasteiger partial charge in [-0.1, -0.05) is 49.2 Å². The number of benzene rings is 2. The number of rotatable bonds is 11. The Balaban J connectivity index is 2.28. The average molecular weight is 430 g/mol. The molecule has 0 unspecified atom stereocenters. The van der Waals surface area contributed by atoms with E-state index in [0.717, 1.165) is 42.4 Å². The molecule has 1 amide bonds. The van der Waals surface area contributed by atoms with Gasteiger partial charge in [-0.15, -0.1) is 0 Å². The van der Waals surface area contributed by atoms with Crippen molar-refractivity contribution < 1.29 is 14.6 Å². The minimum absolute atomic E-state index is 0.0330. The fourth-order valence-corrected chi connectivity index (χ4v) is 3.76. The first-order valence-electron chi connectivity index (χ1n) is 10.6. The van der Waals surface area contributed by atoms with E-state index in [9.17, 15) is 9.90 Å². The number of ether oxygens (including phenoxy) is 1. The van der Waals surface area contributed by atoms with E-state index in [-0.39, 0.29) is 17.4 Å². The smallest absolute Gasteiger partial charge is 0.252 e. The first kappa shape index (κ1) is 24.0. The number of aryl methyl sites for hydroxylation is 1. The number of amides is 1. The van der Waals surface area contributed by atoms with E-state index < -0.39 is 5.91 Å². The standard InChI is InChI=1S/C25H32ClNO3/c1-4-7-21(30-5-2)8-6-9-23(28)24(25(27)29)22-16-19(11-10-17(22)3)18-12-14-20(26)15-13-18/h10-16,21,28H,4-9H2,1-3H3,(H2,27,29)/b24-23+/t21-/m0/s1. The zero-order valence-corrected chi connectivity index (χ0v) is 18.8. The molecule has 0 saturated heterocycles. The fourth-order valence-electron chi connectivity index (χ4n) is 3.63. The predicted molar refractivity (Wildman–Crippen MR) is 125 cm³/mol. The highest BCUT2D eigenvalue weighted by molar-refractivity contribution is 6.30. The van der Waals surface area contributed by atoms with Gasteiger partial charge in [0.2, 0.25) is 0 Å². The van der Waals surface area contributed by atoms with Crippen LogP contribution in [0.2, 0.25) is 5.02 Å². The lowest BCUT2D eigenvalue weighted by Gasteiger charge is -2.17. The van der Waals surface area contributed by atoms with Gasteiger partial charge in [-0.05, 0) is 73.6 Å². The molecule has 0 radical (unpaired) electrons. The highest BCUT2D eigenvalue weighted by Crippen LogP contribution is 2.30. The quantitative estimate of drug-likeness (QED) is 0.318. The lowest BCUT2D eigenvalue weighted by Crippen LogP contribution is -2.16. The van der Waals surface area contributed by atoms with Gasteiger partial charge in [0, 0.05) is 18.1 Å². The van der Waals surface area contributed by atoms with Crippen molar-refractivity contribution in [2.75, 3.05) is 6.61 Å². The molecule has 0 aliphatic heterocycles. The maximum Gasteiger partial charge on any atom is 0.252 e. The second kappa shape index (κ2) is 11.8. The Kier molecular flexibility index (Phi) is 9.41. The zero-order valence-electron chi connectivity index (χ0n) is 18.1. The number of aliphatic hydroxyl groups excluding tert-OH is 1. The average Bonchev–Trinajstić information content (AvgIpc) is 2.70. The van der Waals surface area contributed by atoms with Crippen molar-refractivity contribution in [3.8, 4) is 11.1 Å². The fraction of sp³-hybridized carbons (Fsp3) is 0.400. The summed E-state index contributed by atoms with van der Waals surface area (Å²) in [6.45, 7) is 6.70. The maximum absolute atomic E-state index is 12.3. The maximum atomic E-state index is 12.3. The molecule has 1 atom stereocenters. The van der Waals surface area contributed by atoms with Crippen LogP contribution in [-0.4, -0.2) is 23.7 Å². The second-order valence-electron chi connectivity index (χ2n) is 7.48. The molecule has 2 rings (SSSR count). The first-order chi connectivity index (χ1) is 14.4. The number of carbonyl (C=O) groups is 1. The Morgan fingerprint density at radius 1 is 1.10 bits per heavy atom. The molecule has 4 nitrogen and oxygen atoms in total. The number of aliphatic hydroxyl groups is 1. The van der Waals surface area contributed by atoms with Crippen LogP contribution < -0.4 is 5.73 Å². The van der Waals surface area contributed by atoms with Gasteiger partial charge in [0.15, 0.2) is 0 Å². The minimum Gasteiger partial charge on any atom is -0.511 e. The molecule has 30 heavy (non-hydrogen) atoms. The van der Waals surface area contributed by atoms with Crippen LogP contribution in [0.25, 0.3) is 16.7 Å². The lowest BCUT2D eigenvalue weighted by molar-refractivity contribution is -0.112. The molecule has 0 aromatic heterocycles. The van der Waals surface area contributed by atoms with Crippen molar-refractivity contribution in [3.63, 3.8) is 0 Å². The number of hydrogen-bond acceptors (Lipinski definition) is 3. The van der Waals surface area contributed by atoms with Crippen LogP contribution in [0.15, 0.2) is 48.2 Å². The molecule has 162 valence electrons. The molecule has 0 aliphatic carbocycles. The van der Waals surface area contributed by atoms with E-state index >= 15 is 0 Å². The Morgan fingerprint density at radius 2 is 1.77 bits per heavy atom. The summed E-state index contributed by atoms with van der Waals surface area (Å²) in [6.07, 6.45) is 4.17. The van der Waals surface area contributed by atoms with Crippen molar-refractivity contribution in [3.05, 3.63) is 64.4 Å². The van der Waals surface area contributed by atoms with Gasteiger partial charge < -0.3 is 15.6 Å². The summed E-state index contributed by atoms with van der Waals surface area (Å²) in [6, 6.07) is 13.3. The molecule has 0 bridgehead atoms. The molecule has 2 aromatic carbocycles. The summed E-state index contributed by atoms with van der Waals surface area (Å²) in [5.41, 5.74) is 9.30. The van der Waals surface area contributed by atoms with Gasteiger partial charge in [0.25, 0.3) is 5.91 Å². The highest BCUT2D eigenvalue weighted by atomic mass is 35.5. The minimum atomic E-state index is -0.626. The summed E-state index contributed by atoms with van der Waals surface area (Å²) in [7, 11) is 0. The number of halogens is 1. The predicted octanol–water partition coefficient (Wildman–Crippen LogP) is 6.45. The van der Waals surface area contributed by atoms with Crippen molar-refractivity contribution in [2.45, 2.75) is 59.0 Å². The normalized spacial score (nSPS) is 13.1. The SMILES string of the molecule is CCC[C@@H](CCC/C(O)=C(\C(N)=O)c1cc(-c2ccc(Cl)cc2)ccc1C)OCC. The molecule has 0 aliphatic rings. The van der Waals surface area contributed by atoms with Crippen LogP contribution >= 0.6 is 11.6 Å². The molecule has 0 heterocycles. The van der Waals surface area contributed by atoms with Gasteiger partial charge in [-0.3, -0.25) is 4.79 Å². The molecule has 3 N–H and O–H groups in total. The summed E-state index contributed by atoms with van der Waals surface area (Å²) in [5.74, 6) is -0.593. The molecule has 0 spiro atoms. The van der Waals surface area contributed by atoms with Crippen LogP contribution in [0.5, 0.6) is 0 Å². The van der Waals surface area contributed by atoms with Crippen LogP contribution in [0.4, 0.5) is 0 Å². The number of carbonyl (C=O) groups excluding carboxylic acids is 1. The highest BCUT2D eigenvalue weighted by Gasteiger charge is 2.18. The van der Waals surface area contributed by atoms with E-state index in [1.807, 2.05) is 56.3 Å². The Hall–Kier alpha value is -2.30. The zero-order chi connectivity index (χ0) is 22.1. The van der Waals surface area contributed by atoms with E-state index in [2.05, 4.69) is 6.92 Å². The molecule has 0 saturated carbocycles. The van der Waals surface area contributed by atoms with Gasteiger partial charge >= 0.3 is 0 Å². The third-order valence-electron chi connectivity index (χ3n) is 5.17. The third-order valence-corrected chi connectivity index (χ3v) is 5.42. The molecule has 2 aromatic rings. The van der Waals surface area contributed by atoms with Crippen molar-refractivity contribution >= 4 is 23.1 Å². The van der Waals surface area contributed by atoms with Crippen molar-refractivity contribution in [2.24, 2.45) is 5.73 Å². The second-order valence-corrected chi connectivity index (χ2v) is 7.92. The molecule has 0 fully saturated rings. The topological polar surface area (TPSA) is 72.5 Å². The summed E-state index contributed by atoms with van der Waals surface area (Å²) in [5, 5.41) is 11.4. The van der Waals surface area contributed by atoms with Crippen LogP contribution in [0.3, 0.4) is 0 Å². The van der Waals surface area contributed by atoms with Crippen LogP contribution in [-0.2, 0) is 9.53 Å². The lowest BCUT2D eigenvalue weighted by atomic mass is 9.93. The van der Waals surface area contributed by atoms with Crippen molar-refractivity contribution in [1.82, 2.24) is 0 Å². The van der Waals surface area contributed by atoms with Gasteiger partial charge in [-0.2, -0.15) is 0 Å². The van der Waals surface area contributed by atoms with Gasteiger partial charge in [-0.25, -0.2) is 0 Å². The summed E-state index contributed by atoms with van der Waals surface area (Å²) >= 11 is 5.99. The van der Waals surface area contributed by atoms with Gasteiger partial charge in [0.05, 0.1) is 11.7 Å². The van der Waals surface area contributed by atoms with Crippen molar-refractivity contribution in [1.29, 1.82) is 0 Å². The number of primary amides is 1. The number of nitrogens with two attached hydrogens (primary N) is 1. The van der Waals surface area contributed by atoms with Gasteiger partial charge in [0.1, 0.15) is 5.76 Å². The van der Waals surface area contributed by atoms with E-state index in [0.29, 0.717) is 23.6 Å². The van der Waals surface area contributed by atoms with E-state index in [1.165, 1.54) is 0 Å². The monoisotopic (exact) mass is 429 g/mol. The molecular formula is C25H32ClNO3. The third kappa shape index (κ3) is 6.61. The van der Waals surface area contributed by atoms with E-state index in [4.69, 9.17) is 22.1 Å². The van der Waals surface area contributed by atoms with E-state index in [1.54, 1.807) is 0 Å². The molecular weight excluding hydrogens is 398 g/mol. The molecule has 5 heteroatoms. The summed E-state index contributed by atoms with van der Waals surface area (Å²) < 4.78 is 5.75. The largest absolute Gasteiger partial charge is 0.511 e. The Bertz CT molecular complexity index is 868. The number of allylic oxidation sites excluding steroid dienone is 1. The number of hydrogen-bond donors (Lipinski definition) is 2. The first-order valence-corrected chi connectivity index (χ1v) is 11.0. The van der Waals surface area contributed by atoms with Crippen LogP contribution in [0.1, 0.15) is 57.1 Å².